The maximum atomic E-state index is 12.2. The fourth-order valence-corrected chi connectivity index (χ4v) is 3.25. The van der Waals surface area contributed by atoms with E-state index in [1.165, 1.54) is 0 Å². The highest BCUT2D eigenvalue weighted by atomic mass is 16.2. The van der Waals surface area contributed by atoms with Gasteiger partial charge in [-0.15, -0.1) is 0 Å². The summed E-state index contributed by atoms with van der Waals surface area (Å²) in [5.74, 6) is -0.552. The molecule has 0 aliphatic rings. The van der Waals surface area contributed by atoms with Crippen molar-refractivity contribution in [2.75, 3.05) is 10.6 Å². The summed E-state index contributed by atoms with van der Waals surface area (Å²) in [4.78, 5) is 48.7. The normalized spacial score (nSPS) is 12.2. The molecule has 2 rings (SSSR count). The van der Waals surface area contributed by atoms with E-state index in [1.54, 1.807) is 48.5 Å². The SMILES string of the molecule is CCC(C)NC(=O)c1ccc(NC(=O)CCCCC(=O)Nc2ccc(C(=O)NC(C)CC)cc2)cc1. The number of unbranched alkanes of at least 4 members (excludes halogenated alkanes) is 1. The molecule has 0 heterocycles. The van der Waals surface area contributed by atoms with Crippen LogP contribution in [0.25, 0.3) is 0 Å². The maximum absolute atomic E-state index is 12.2. The zero-order chi connectivity index (χ0) is 26.5. The zero-order valence-corrected chi connectivity index (χ0v) is 21.6. The molecule has 0 saturated heterocycles. The standard InChI is InChI=1S/C28H38N4O4/c1-5-19(3)29-27(35)21-11-15-23(16-12-21)31-25(33)9-7-8-10-26(34)32-24-17-13-22(14-18-24)28(36)30-20(4)6-2/h11-20H,5-10H2,1-4H3,(H,29,35)(H,30,36)(H,31,33)(H,32,34). The summed E-state index contributed by atoms with van der Waals surface area (Å²) in [6.07, 6.45) is 3.44. The molecule has 8 heteroatoms. The van der Waals surface area contributed by atoms with E-state index in [-0.39, 0.29) is 35.7 Å². The Balaban J connectivity index is 1.68. The molecule has 2 unspecified atom stereocenters. The van der Waals surface area contributed by atoms with E-state index < -0.39 is 0 Å². The van der Waals surface area contributed by atoms with E-state index in [1.807, 2.05) is 27.7 Å². The average molecular weight is 495 g/mol. The van der Waals surface area contributed by atoms with E-state index in [0.29, 0.717) is 48.2 Å². The molecule has 2 atom stereocenters. The molecular formula is C28H38N4O4. The molecule has 0 saturated carbocycles. The topological polar surface area (TPSA) is 116 Å². The molecule has 0 aliphatic carbocycles. The molecular weight excluding hydrogens is 456 g/mol. The van der Waals surface area contributed by atoms with Gasteiger partial charge in [0.25, 0.3) is 11.8 Å². The minimum atomic E-state index is -0.140. The van der Waals surface area contributed by atoms with Crippen LogP contribution in [0.1, 0.15) is 86.9 Å². The predicted octanol–water partition coefficient (Wildman–Crippen LogP) is 4.88. The summed E-state index contributed by atoms with van der Waals surface area (Å²) >= 11 is 0. The minimum Gasteiger partial charge on any atom is -0.350 e. The van der Waals surface area contributed by atoms with Crippen LogP contribution < -0.4 is 21.3 Å². The first kappa shape index (κ1) is 28.6. The third-order valence-corrected chi connectivity index (χ3v) is 5.90. The van der Waals surface area contributed by atoms with Gasteiger partial charge >= 0.3 is 0 Å². The van der Waals surface area contributed by atoms with Gasteiger partial charge in [0.05, 0.1) is 0 Å². The fourth-order valence-electron chi connectivity index (χ4n) is 3.25. The first-order valence-corrected chi connectivity index (χ1v) is 12.6. The van der Waals surface area contributed by atoms with Crippen LogP contribution in [-0.4, -0.2) is 35.7 Å². The van der Waals surface area contributed by atoms with Crippen LogP contribution >= 0.6 is 0 Å². The molecule has 2 aromatic rings. The van der Waals surface area contributed by atoms with Gasteiger partial charge in [-0.25, -0.2) is 0 Å². The maximum Gasteiger partial charge on any atom is 0.251 e. The van der Waals surface area contributed by atoms with Crippen molar-refractivity contribution >= 4 is 35.0 Å². The predicted molar refractivity (Wildman–Crippen MR) is 143 cm³/mol. The first-order valence-electron chi connectivity index (χ1n) is 12.6. The Morgan fingerprint density at radius 1 is 0.611 bits per heavy atom. The van der Waals surface area contributed by atoms with Crippen LogP contribution in [0.4, 0.5) is 11.4 Å². The lowest BCUT2D eigenvalue weighted by Gasteiger charge is -2.12. The Bertz CT molecular complexity index is 935. The Morgan fingerprint density at radius 3 is 1.25 bits per heavy atom. The van der Waals surface area contributed by atoms with E-state index in [4.69, 9.17) is 0 Å². The summed E-state index contributed by atoms with van der Waals surface area (Å²) in [6, 6.07) is 13.8. The van der Waals surface area contributed by atoms with Crippen LogP contribution in [0.2, 0.25) is 0 Å². The van der Waals surface area contributed by atoms with Crippen molar-refractivity contribution in [1.82, 2.24) is 10.6 Å². The molecule has 0 aliphatic heterocycles. The van der Waals surface area contributed by atoms with Crippen molar-refractivity contribution < 1.29 is 19.2 Å². The van der Waals surface area contributed by atoms with Crippen molar-refractivity contribution in [2.24, 2.45) is 0 Å². The van der Waals surface area contributed by atoms with E-state index in [0.717, 1.165) is 12.8 Å². The van der Waals surface area contributed by atoms with Gasteiger partial charge in [0, 0.05) is 47.4 Å². The molecule has 0 bridgehead atoms. The van der Waals surface area contributed by atoms with Gasteiger partial charge in [0.15, 0.2) is 0 Å². The number of rotatable bonds is 13. The second-order valence-electron chi connectivity index (χ2n) is 9.02. The second kappa shape index (κ2) is 14.7. The van der Waals surface area contributed by atoms with Crippen molar-refractivity contribution in [1.29, 1.82) is 0 Å². The highest BCUT2D eigenvalue weighted by Crippen LogP contribution is 2.13. The fraction of sp³-hybridized carbons (Fsp3) is 0.429. The smallest absolute Gasteiger partial charge is 0.251 e. The lowest BCUT2D eigenvalue weighted by molar-refractivity contribution is -0.118. The third kappa shape index (κ3) is 9.90. The summed E-state index contributed by atoms with van der Waals surface area (Å²) in [5.41, 5.74) is 2.34. The van der Waals surface area contributed by atoms with E-state index in [9.17, 15) is 19.2 Å². The van der Waals surface area contributed by atoms with Crippen LogP contribution in [0, 0.1) is 0 Å². The van der Waals surface area contributed by atoms with Gasteiger partial charge in [-0.3, -0.25) is 19.2 Å². The molecule has 8 nitrogen and oxygen atoms in total. The van der Waals surface area contributed by atoms with E-state index in [2.05, 4.69) is 21.3 Å². The monoisotopic (exact) mass is 494 g/mol. The Labute approximate surface area is 213 Å². The zero-order valence-electron chi connectivity index (χ0n) is 21.6. The summed E-state index contributed by atoms with van der Waals surface area (Å²) in [7, 11) is 0. The van der Waals surface area contributed by atoms with Gasteiger partial charge < -0.3 is 21.3 Å². The number of benzene rings is 2. The molecule has 0 spiro atoms. The van der Waals surface area contributed by atoms with Crippen molar-refractivity contribution in [3.8, 4) is 0 Å². The largest absolute Gasteiger partial charge is 0.350 e. The highest BCUT2D eigenvalue weighted by Gasteiger charge is 2.11. The third-order valence-electron chi connectivity index (χ3n) is 5.90. The molecule has 36 heavy (non-hydrogen) atoms. The van der Waals surface area contributed by atoms with Gasteiger partial charge in [0.2, 0.25) is 11.8 Å². The van der Waals surface area contributed by atoms with Gasteiger partial charge in [-0.2, -0.15) is 0 Å². The number of nitrogens with one attached hydrogen (secondary N) is 4. The Hall–Kier alpha value is -3.68. The lowest BCUT2D eigenvalue weighted by Crippen LogP contribution is -2.31. The van der Waals surface area contributed by atoms with Gasteiger partial charge in [-0.1, -0.05) is 13.8 Å². The number of amides is 4. The molecule has 0 aromatic heterocycles. The quantitative estimate of drug-likeness (QED) is 0.297. The van der Waals surface area contributed by atoms with Gasteiger partial charge in [0.1, 0.15) is 0 Å². The van der Waals surface area contributed by atoms with Crippen molar-refractivity contribution in [3.63, 3.8) is 0 Å². The number of hydrogen-bond donors (Lipinski definition) is 4. The van der Waals surface area contributed by atoms with Crippen molar-refractivity contribution in [3.05, 3.63) is 59.7 Å². The Kier molecular flexibility index (Phi) is 11.6. The van der Waals surface area contributed by atoms with E-state index >= 15 is 0 Å². The highest BCUT2D eigenvalue weighted by molar-refractivity contribution is 5.97. The summed E-state index contributed by atoms with van der Waals surface area (Å²) in [5, 5.41) is 11.4. The molecule has 0 radical (unpaired) electrons. The van der Waals surface area contributed by atoms with Crippen LogP contribution in [0.15, 0.2) is 48.5 Å². The lowest BCUT2D eigenvalue weighted by atomic mass is 10.1. The molecule has 194 valence electrons. The van der Waals surface area contributed by atoms with Gasteiger partial charge in [-0.05, 0) is 88.1 Å². The second-order valence-corrected chi connectivity index (χ2v) is 9.02. The minimum absolute atomic E-state index is 0.104. The summed E-state index contributed by atoms with van der Waals surface area (Å²) in [6.45, 7) is 7.91. The number of hydrogen-bond acceptors (Lipinski definition) is 4. The number of anilines is 2. The number of carbonyl (C=O) groups excluding carboxylic acids is 4. The van der Waals surface area contributed by atoms with Crippen LogP contribution in [-0.2, 0) is 9.59 Å². The molecule has 2 aromatic carbocycles. The molecule has 4 N–H and O–H groups in total. The summed E-state index contributed by atoms with van der Waals surface area (Å²) < 4.78 is 0. The number of carbonyl (C=O) groups is 4. The molecule has 0 fully saturated rings. The Morgan fingerprint density at radius 2 is 0.944 bits per heavy atom. The van der Waals surface area contributed by atoms with Crippen molar-refractivity contribution in [2.45, 2.75) is 78.3 Å². The average Bonchev–Trinajstić information content (AvgIpc) is 2.87. The first-order chi connectivity index (χ1) is 17.2. The van der Waals surface area contributed by atoms with Crippen LogP contribution in [0.3, 0.4) is 0 Å². The van der Waals surface area contributed by atoms with Crippen LogP contribution in [0.5, 0.6) is 0 Å². The molecule has 4 amide bonds.